The Morgan fingerprint density at radius 1 is 0.900 bits per heavy atom. The normalized spacial score (nSPS) is 10.6. The summed E-state index contributed by atoms with van der Waals surface area (Å²) in [6, 6.07) is 20.5. The van der Waals surface area contributed by atoms with Gasteiger partial charge in [0.1, 0.15) is 11.5 Å². The number of hydrogen-bond donors (Lipinski definition) is 1. The third kappa shape index (κ3) is 6.22. The minimum atomic E-state index is -0.512. The van der Waals surface area contributed by atoms with E-state index >= 15 is 0 Å². The molecule has 1 amide bonds. The quantitative estimate of drug-likeness (QED) is 0.306. The molecule has 0 saturated carbocycles. The molecular weight excluding hydrogens is 402 g/mol. The van der Waals surface area contributed by atoms with E-state index in [9.17, 15) is 9.59 Å². The molecule has 0 aliphatic carbocycles. The summed E-state index contributed by atoms with van der Waals surface area (Å²) in [5.41, 5.74) is 1.93. The maximum Gasteiger partial charge on any atom is 0.336 e. The van der Waals surface area contributed by atoms with Crippen LogP contribution in [-0.2, 0) is 4.79 Å². The van der Waals surface area contributed by atoms with Crippen LogP contribution >= 0.6 is 11.6 Å². The van der Waals surface area contributed by atoms with Gasteiger partial charge in [-0.05, 0) is 79.2 Å². The van der Waals surface area contributed by atoms with Crippen molar-refractivity contribution in [1.29, 1.82) is 0 Å². The van der Waals surface area contributed by atoms with Crippen LogP contribution in [0.2, 0.25) is 5.02 Å². The number of halogens is 1. The number of carbonyl (C=O) groups is 2. The summed E-state index contributed by atoms with van der Waals surface area (Å²) in [6.45, 7) is 2.52. The van der Waals surface area contributed by atoms with Crippen molar-refractivity contribution in [3.63, 3.8) is 0 Å². The lowest BCUT2D eigenvalue weighted by atomic mass is 10.2. The van der Waals surface area contributed by atoms with Gasteiger partial charge in [-0.1, -0.05) is 23.7 Å². The zero-order chi connectivity index (χ0) is 21.3. The molecule has 0 aromatic heterocycles. The number of amides is 1. The van der Waals surface area contributed by atoms with Gasteiger partial charge in [-0.25, -0.2) is 4.79 Å². The molecule has 6 heteroatoms. The zero-order valence-electron chi connectivity index (χ0n) is 16.3. The predicted octanol–water partition coefficient (Wildman–Crippen LogP) is 5.61. The van der Waals surface area contributed by atoms with Crippen LogP contribution in [0.15, 0.2) is 78.9 Å². The lowest BCUT2D eigenvalue weighted by Crippen LogP contribution is -2.11. The molecule has 0 fully saturated rings. The second kappa shape index (κ2) is 10.3. The molecule has 0 radical (unpaired) electrons. The van der Waals surface area contributed by atoms with Crippen LogP contribution in [-0.4, -0.2) is 18.5 Å². The number of carbonyl (C=O) groups excluding carboxylic acids is 2. The smallest absolute Gasteiger partial charge is 0.336 e. The molecule has 3 aromatic carbocycles. The summed E-state index contributed by atoms with van der Waals surface area (Å²) in [4.78, 5) is 24.3. The van der Waals surface area contributed by atoms with Gasteiger partial charge >= 0.3 is 5.97 Å². The first-order valence-electron chi connectivity index (χ1n) is 9.33. The minimum absolute atomic E-state index is 0.273. The third-order valence-corrected chi connectivity index (χ3v) is 4.29. The van der Waals surface area contributed by atoms with Crippen LogP contribution in [0.5, 0.6) is 11.5 Å². The molecule has 0 saturated heterocycles. The van der Waals surface area contributed by atoms with Gasteiger partial charge in [0.15, 0.2) is 0 Å². The number of benzene rings is 3. The highest BCUT2D eigenvalue weighted by molar-refractivity contribution is 6.30. The molecule has 0 spiro atoms. The molecule has 0 bridgehead atoms. The van der Waals surface area contributed by atoms with Crippen LogP contribution < -0.4 is 14.8 Å². The monoisotopic (exact) mass is 421 g/mol. The fraction of sp³-hybridized carbons (Fsp3) is 0.0833. The van der Waals surface area contributed by atoms with Gasteiger partial charge in [0, 0.05) is 22.3 Å². The number of ether oxygens (including phenoxy) is 2. The van der Waals surface area contributed by atoms with Crippen molar-refractivity contribution >= 4 is 35.2 Å². The molecule has 5 nitrogen and oxygen atoms in total. The summed E-state index contributed by atoms with van der Waals surface area (Å²) in [6.07, 6.45) is 3.00. The Bertz CT molecular complexity index is 1030. The zero-order valence-corrected chi connectivity index (χ0v) is 17.1. The van der Waals surface area contributed by atoms with Crippen LogP contribution in [0.3, 0.4) is 0 Å². The summed E-state index contributed by atoms with van der Waals surface area (Å²) in [5, 5.41) is 3.36. The van der Waals surface area contributed by atoms with Gasteiger partial charge in [0.2, 0.25) is 0 Å². The van der Waals surface area contributed by atoms with Gasteiger partial charge in [-0.15, -0.1) is 0 Å². The molecule has 1 N–H and O–H groups in total. The maximum atomic E-state index is 12.3. The van der Waals surface area contributed by atoms with Crippen molar-refractivity contribution < 1.29 is 19.1 Å². The van der Waals surface area contributed by atoms with Crippen molar-refractivity contribution in [3.8, 4) is 11.5 Å². The fourth-order valence-corrected chi connectivity index (χ4v) is 2.69. The standard InChI is InChI=1S/C24H20ClNO4/c1-2-29-21-12-3-17(4-13-21)5-16-23(27)30-22-14-6-18(7-15-22)24(28)26-20-10-8-19(25)9-11-20/h3-16H,2H2,1H3,(H,26,28)/b16-5+. The molecule has 0 atom stereocenters. The molecule has 0 aliphatic heterocycles. The van der Waals surface area contributed by atoms with Crippen molar-refractivity contribution in [2.24, 2.45) is 0 Å². The first-order valence-corrected chi connectivity index (χ1v) is 9.71. The SMILES string of the molecule is CCOc1ccc(/C=C/C(=O)Oc2ccc(C(=O)Nc3ccc(Cl)cc3)cc2)cc1. The Morgan fingerprint density at radius 3 is 2.17 bits per heavy atom. The Kier molecular flexibility index (Phi) is 7.24. The average Bonchev–Trinajstić information content (AvgIpc) is 2.75. The van der Waals surface area contributed by atoms with E-state index in [1.54, 1.807) is 54.6 Å². The topological polar surface area (TPSA) is 64.6 Å². The maximum absolute atomic E-state index is 12.3. The number of rotatable bonds is 7. The van der Waals surface area contributed by atoms with E-state index < -0.39 is 5.97 Å². The van der Waals surface area contributed by atoms with E-state index in [0.717, 1.165) is 11.3 Å². The average molecular weight is 422 g/mol. The van der Waals surface area contributed by atoms with E-state index in [1.807, 2.05) is 31.2 Å². The Balaban J connectivity index is 1.54. The van der Waals surface area contributed by atoms with Crippen LogP contribution in [0.4, 0.5) is 5.69 Å². The second-order valence-electron chi connectivity index (χ2n) is 6.24. The highest BCUT2D eigenvalue weighted by Crippen LogP contribution is 2.17. The van der Waals surface area contributed by atoms with Gasteiger partial charge in [-0.2, -0.15) is 0 Å². The molecule has 0 unspecified atom stereocenters. The van der Waals surface area contributed by atoms with E-state index in [2.05, 4.69) is 5.32 Å². The molecule has 0 heterocycles. The number of anilines is 1. The van der Waals surface area contributed by atoms with Crippen molar-refractivity contribution in [2.45, 2.75) is 6.92 Å². The van der Waals surface area contributed by atoms with Crippen LogP contribution in [0.1, 0.15) is 22.8 Å². The van der Waals surface area contributed by atoms with Gasteiger partial charge < -0.3 is 14.8 Å². The van der Waals surface area contributed by atoms with Gasteiger partial charge in [-0.3, -0.25) is 4.79 Å². The van der Waals surface area contributed by atoms with E-state index in [1.165, 1.54) is 6.08 Å². The highest BCUT2D eigenvalue weighted by Gasteiger charge is 2.07. The van der Waals surface area contributed by atoms with Gasteiger partial charge in [0.25, 0.3) is 5.91 Å². The van der Waals surface area contributed by atoms with E-state index in [4.69, 9.17) is 21.1 Å². The lowest BCUT2D eigenvalue weighted by Gasteiger charge is -2.06. The number of nitrogens with one attached hydrogen (secondary N) is 1. The summed E-state index contributed by atoms with van der Waals surface area (Å²) < 4.78 is 10.6. The number of hydrogen-bond acceptors (Lipinski definition) is 4. The first-order chi connectivity index (χ1) is 14.5. The molecule has 3 aromatic rings. The second-order valence-corrected chi connectivity index (χ2v) is 6.68. The predicted molar refractivity (Wildman–Crippen MR) is 118 cm³/mol. The third-order valence-electron chi connectivity index (χ3n) is 4.04. The Hall–Kier alpha value is -3.57. The molecule has 0 aliphatic rings. The highest BCUT2D eigenvalue weighted by atomic mass is 35.5. The van der Waals surface area contributed by atoms with Crippen LogP contribution in [0.25, 0.3) is 6.08 Å². The van der Waals surface area contributed by atoms with E-state index in [-0.39, 0.29) is 5.91 Å². The summed E-state index contributed by atoms with van der Waals surface area (Å²) in [7, 11) is 0. The number of esters is 1. The Morgan fingerprint density at radius 2 is 1.53 bits per heavy atom. The summed E-state index contributed by atoms with van der Waals surface area (Å²) >= 11 is 5.84. The molecular formula is C24H20ClNO4. The minimum Gasteiger partial charge on any atom is -0.494 e. The van der Waals surface area contributed by atoms with Crippen LogP contribution in [0, 0.1) is 0 Å². The van der Waals surface area contributed by atoms with Crippen molar-refractivity contribution in [1.82, 2.24) is 0 Å². The fourth-order valence-electron chi connectivity index (χ4n) is 2.57. The summed E-state index contributed by atoms with van der Waals surface area (Å²) in [5.74, 6) is 0.338. The first kappa shape index (κ1) is 21.1. The molecule has 3 rings (SSSR count). The molecule has 152 valence electrons. The van der Waals surface area contributed by atoms with Crippen molar-refractivity contribution in [2.75, 3.05) is 11.9 Å². The van der Waals surface area contributed by atoms with Gasteiger partial charge in [0.05, 0.1) is 6.61 Å². The Labute approximate surface area is 179 Å². The molecule has 30 heavy (non-hydrogen) atoms. The van der Waals surface area contributed by atoms with E-state index in [0.29, 0.717) is 28.6 Å². The largest absolute Gasteiger partial charge is 0.494 e. The lowest BCUT2D eigenvalue weighted by molar-refractivity contribution is -0.128. The van der Waals surface area contributed by atoms with Crippen molar-refractivity contribution in [3.05, 3.63) is 95.0 Å².